The molecular formula is C18H18N2O4S. The van der Waals surface area contributed by atoms with Gasteiger partial charge in [-0.15, -0.1) is 0 Å². The second kappa shape index (κ2) is 7.08. The van der Waals surface area contributed by atoms with Crippen molar-refractivity contribution in [1.82, 2.24) is 9.71 Å². The molecule has 0 fully saturated rings. The molecule has 0 amide bonds. The van der Waals surface area contributed by atoms with Gasteiger partial charge in [0.05, 0.1) is 19.1 Å². The fraction of sp³-hybridized carbons (Fsp3) is 0.167. The van der Waals surface area contributed by atoms with E-state index >= 15 is 0 Å². The first-order chi connectivity index (χ1) is 12.0. The lowest BCUT2D eigenvalue weighted by molar-refractivity contribution is 0.393. The van der Waals surface area contributed by atoms with Gasteiger partial charge in [0.1, 0.15) is 11.5 Å². The van der Waals surface area contributed by atoms with Gasteiger partial charge in [-0.25, -0.2) is 13.1 Å². The van der Waals surface area contributed by atoms with Crippen LogP contribution in [0.5, 0.6) is 11.5 Å². The molecule has 0 saturated carbocycles. The molecule has 25 heavy (non-hydrogen) atoms. The van der Waals surface area contributed by atoms with E-state index in [1.54, 1.807) is 63.0 Å². The maximum absolute atomic E-state index is 12.7. The normalized spacial score (nSPS) is 11.4. The van der Waals surface area contributed by atoms with Gasteiger partial charge in [-0.05, 0) is 29.8 Å². The summed E-state index contributed by atoms with van der Waals surface area (Å²) in [4.78, 5) is 4.25. The summed E-state index contributed by atoms with van der Waals surface area (Å²) in [6.07, 6.45) is 3.22. The van der Waals surface area contributed by atoms with E-state index in [1.807, 2.05) is 6.07 Å². The number of hydrogen-bond acceptors (Lipinski definition) is 5. The van der Waals surface area contributed by atoms with Crippen molar-refractivity contribution < 1.29 is 17.9 Å². The van der Waals surface area contributed by atoms with Crippen LogP contribution in [0.4, 0.5) is 0 Å². The van der Waals surface area contributed by atoms with Crippen molar-refractivity contribution >= 4 is 20.8 Å². The van der Waals surface area contributed by atoms with Crippen LogP contribution in [0.25, 0.3) is 10.8 Å². The summed E-state index contributed by atoms with van der Waals surface area (Å²) in [5.41, 5.74) is 0.738. The van der Waals surface area contributed by atoms with Crippen molar-refractivity contribution in [3.8, 4) is 11.5 Å². The predicted octanol–water partition coefficient (Wildman–Crippen LogP) is 2.73. The first-order valence-electron chi connectivity index (χ1n) is 7.58. The smallest absolute Gasteiger partial charge is 0.241 e. The summed E-state index contributed by atoms with van der Waals surface area (Å²) < 4.78 is 38.5. The third kappa shape index (κ3) is 3.72. The zero-order chi connectivity index (χ0) is 17.9. The Balaban J connectivity index is 1.89. The zero-order valence-electron chi connectivity index (χ0n) is 13.9. The van der Waals surface area contributed by atoms with Crippen molar-refractivity contribution in [2.75, 3.05) is 14.2 Å². The highest BCUT2D eigenvalue weighted by Crippen LogP contribution is 2.24. The van der Waals surface area contributed by atoms with Crippen molar-refractivity contribution in [3.63, 3.8) is 0 Å². The second-order valence-corrected chi connectivity index (χ2v) is 7.13. The average molecular weight is 358 g/mol. The number of nitrogens with zero attached hydrogens (tertiary/aromatic N) is 1. The van der Waals surface area contributed by atoms with E-state index in [9.17, 15) is 8.42 Å². The minimum absolute atomic E-state index is 0.122. The SMILES string of the molecule is COc1cc(CNS(=O)(=O)c2cccc3cnccc23)cc(OC)c1. The Morgan fingerprint density at radius 3 is 2.44 bits per heavy atom. The van der Waals surface area contributed by atoms with Crippen LogP contribution in [-0.4, -0.2) is 27.6 Å². The van der Waals surface area contributed by atoms with Crippen LogP contribution in [0.2, 0.25) is 0 Å². The molecule has 2 aromatic carbocycles. The molecule has 1 aromatic heterocycles. The average Bonchev–Trinajstić information content (AvgIpc) is 2.65. The number of fused-ring (bicyclic) bond motifs is 1. The number of ether oxygens (including phenoxy) is 2. The number of pyridine rings is 1. The summed E-state index contributed by atoms with van der Waals surface area (Å²) in [5.74, 6) is 1.20. The number of methoxy groups -OCH3 is 2. The highest BCUT2D eigenvalue weighted by Gasteiger charge is 2.17. The van der Waals surface area contributed by atoms with E-state index < -0.39 is 10.0 Å². The largest absolute Gasteiger partial charge is 0.497 e. The molecule has 0 unspecified atom stereocenters. The Morgan fingerprint density at radius 1 is 1.04 bits per heavy atom. The maximum atomic E-state index is 12.7. The lowest BCUT2D eigenvalue weighted by atomic mass is 10.2. The molecule has 130 valence electrons. The molecule has 0 spiro atoms. The molecule has 6 nitrogen and oxygen atoms in total. The molecular weight excluding hydrogens is 340 g/mol. The van der Waals surface area contributed by atoms with E-state index in [-0.39, 0.29) is 11.4 Å². The molecule has 0 aliphatic carbocycles. The van der Waals surface area contributed by atoms with Gasteiger partial charge in [-0.2, -0.15) is 0 Å². The maximum Gasteiger partial charge on any atom is 0.241 e. The Morgan fingerprint density at radius 2 is 1.76 bits per heavy atom. The quantitative estimate of drug-likeness (QED) is 0.733. The minimum atomic E-state index is -3.68. The molecule has 3 rings (SSSR count). The van der Waals surface area contributed by atoms with Crippen molar-refractivity contribution in [2.45, 2.75) is 11.4 Å². The van der Waals surface area contributed by atoms with E-state index in [4.69, 9.17) is 9.47 Å². The molecule has 1 N–H and O–H groups in total. The van der Waals surface area contributed by atoms with Crippen molar-refractivity contribution in [2.24, 2.45) is 0 Å². The Hall–Kier alpha value is -2.64. The van der Waals surface area contributed by atoms with Crippen LogP contribution in [0.15, 0.2) is 59.8 Å². The first-order valence-corrected chi connectivity index (χ1v) is 9.06. The minimum Gasteiger partial charge on any atom is -0.497 e. The highest BCUT2D eigenvalue weighted by atomic mass is 32.2. The van der Waals surface area contributed by atoms with E-state index in [0.717, 1.165) is 10.9 Å². The monoisotopic (exact) mass is 358 g/mol. The van der Waals surface area contributed by atoms with Gasteiger partial charge < -0.3 is 9.47 Å². The molecule has 0 aliphatic heterocycles. The summed E-state index contributed by atoms with van der Waals surface area (Å²) >= 11 is 0. The third-order valence-corrected chi connectivity index (χ3v) is 5.27. The van der Waals surface area contributed by atoms with E-state index in [2.05, 4.69) is 9.71 Å². The lowest BCUT2D eigenvalue weighted by Gasteiger charge is -2.11. The topological polar surface area (TPSA) is 77.5 Å². The molecule has 0 aliphatic rings. The second-order valence-electron chi connectivity index (χ2n) is 5.40. The van der Waals surface area contributed by atoms with Crippen LogP contribution in [-0.2, 0) is 16.6 Å². The molecule has 0 radical (unpaired) electrons. The summed E-state index contributed by atoms with van der Waals surface area (Å²) in [6, 6.07) is 12.1. The van der Waals surface area contributed by atoms with Crippen LogP contribution in [0, 0.1) is 0 Å². The molecule has 0 atom stereocenters. The predicted molar refractivity (Wildman–Crippen MR) is 95.3 cm³/mol. The first kappa shape index (κ1) is 17.2. The van der Waals surface area contributed by atoms with Gasteiger partial charge in [-0.1, -0.05) is 12.1 Å². The standard InChI is InChI=1S/C18H18N2O4S/c1-23-15-8-13(9-16(10-15)24-2)11-20-25(21,22)18-5-3-4-14-12-19-7-6-17(14)18/h3-10,12,20H,11H2,1-2H3. The van der Waals surface area contributed by atoms with Gasteiger partial charge in [0.2, 0.25) is 10.0 Å². The third-order valence-electron chi connectivity index (χ3n) is 3.81. The van der Waals surface area contributed by atoms with E-state index in [0.29, 0.717) is 16.9 Å². The van der Waals surface area contributed by atoms with E-state index in [1.165, 1.54) is 0 Å². The summed E-state index contributed by atoms with van der Waals surface area (Å²) in [5, 5.41) is 1.40. The van der Waals surface area contributed by atoms with Gasteiger partial charge in [0, 0.05) is 35.8 Å². The highest BCUT2D eigenvalue weighted by molar-refractivity contribution is 7.89. The molecule has 1 heterocycles. The summed E-state index contributed by atoms with van der Waals surface area (Å²) in [7, 11) is -0.587. The van der Waals surface area contributed by atoms with Gasteiger partial charge in [-0.3, -0.25) is 4.98 Å². The van der Waals surface area contributed by atoms with Crippen molar-refractivity contribution in [3.05, 3.63) is 60.4 Å². The van der Waals surface area contributed by atoms with Crippen molar-refractivity contribution in [1.29, 1.82) is 0 Å². The van der Waals surface area contributed by atoms with Crippen LogP contribution < -0.4 is 14.2 Å². The number of rotatable bonds is 6. The summed E-state index contributed by atoms with van der Waals surface area (Å²) in [6.45, 7) is 0.122. The lowest BCUT2D eigenvalue weighted by Crippen LogP contribution is -2.23. The Kier molecular flexibility index (Phi) is 4.87. The fourth-order valence-corrected chi connectivity index (χ4v) is 3.80. The number of nitrogens with one attached hydrogen (secondary N) is 1. The molecule has 0 bridgehead atoms. The fourth-order valence-electron chi connectivity index (χ4n) is 2.55. The zero-order valence-corrected chi connectivity index (χ0v) is 14.7. The van der Waals surface area contributed by atoms with Gasteiger partial charge >= 0.3 is 0 Å². The number of hydrogen-bond donors (Lipinski definition) is 1. The number of aromatic nitrogens is 1. The molecule has 7 heteroatoms. The molecule has 0 saturated heterocycles. The Bertz CT molecular complexity index is 975. The number of sulfonamides is 1. The number of benzene rings is 2. The van der Waals surface area contributed by atoms with Crippen LogP contribution >= 0.6 is 0 Å². The van der Waals surface area contributed by atoms with Crippen LogP contribution in [0.1, 0.15) is 5.56 Å². The Labute approximate surface area is 146 Å². The molecule has 3 aromatic rings. The van der Waals surface area contributed by atoms with Gasteiger partial charge in [0.25, 0.3) is 0 Å². The van der Waals surface area contributed by atoms with Crippen LogP contribution in [0.3, 0.4) is 0 Å². The van der Waals surface area contributed by atoms with Gasteiger partial charge in [0.15, 0.2) is 0 Å².